The van der Waals surface area contributed by atoms with Crippen molar-refractivity contribution in [3.8, 4) is 44.5 Å². The van der Waals surface area contributed by atoms with Gasteiger partial charge in [0, 0.05) is 33.3 Å². The van der Waals surface area contributed by atoms with Crippen molar-refractivity contribution in [3.63, 3.8) is 0 Å². The molecule has 0 aliphatic carbocycles. The molecule has 2 nitrogen and oxygen atoms in total. The minimum atomic E-state index is -0.329. The first-order valence-electron chi connectivity index (χ1n) is 31.2. The Bertz CT molecular complexity index is 4320. The topological polar surface area (TPSA) is 6.48 Å². The molecule has 0 unspecified atom stereocenters. The van der Waals surface area contributed by atoms with Crippen molar-refractivity contribution < 1.29 is 8.78 Å². The van der Waals surface area contributed by atoms with Gasteiger partial charge in [-0.05, 0) is 197 Å². The molecule has 0 aromatic heterocycles. The number of anilines is 6. The Labute approximate surface area is 521 Å². The number of nitrogens with zero attached hydrogens (tertiary/aromatic N) is 2. The van der Waals surface area contributed by atoms with Gasteiger partial charge >= 0.3 is 0 Å². The van der Waals surface area contributed by atoms with E-state index in [4.69, 9.17) is 0 Å². The molecule has 0 aliphatic rings. The zero-order valence-electron chi connectivity index (χ0n) is 54.3. The van der Waals surface area contributed by atoms with Gasteiger partial charge < -0.3 is 9.80 Å². The molecule has 4 heteroatoms. The molecule has 0 aliphatic heterocycles. The predicted molar refractivity (Wildman–Crippen MR) is 375 cm³/mol. The maximum absolute atomic E-state index is 18.6. The van der Waals surface area contributed by atoms with E-state index in [0.29, 0.717) is 11.4 Å². The molecule has 0 amide bonds. The largest absolute Gasteiger partial charge is 0.306 e. The van der Waals surface area contributed by atoms with Crippen LogP contribution in [-0.2, 0) is 21.7 Å². The second-order valence-electron chi connectivity index (χ2n) is 28.9. The van der Waals surface area contributed by atoms with E-state index >= 15 is 8.78 Å². The lowest BCUT2D eigenvalue weighted by Crippen LogP contribution is -2.16. The lowest BCUT2D eigenvalue weighted by atomic mass is 9.85. The third kappa shape index (κ3) is 11.1. The van der Waals surface area contributed by atoms with Crippen LogP contribution >= 0.6 is 0 Å². The minimum Gasteiger partial charge on any atom is -0.306 e. The first kappa shape index (κ1) is 59.5. The molecule has 0 heterocycles. The van der Waals surface area contributed by atoms with Gasteiger partial charge in [-0.3, -0.25) is 0 Å². The van der Waals surface area contributed by atoms with Crippen LogP contribution in [0.25, 0.3) is 76.8 Å². The van der Waals surface area contributed by atoms with E-state index in [2.05, 4.69) is 315 Å². The van der Waals surface area contributed by atoms with Gasteiger partial charge in [-0.1, -0.05) is 241 Å². The van der Waals surface area contributed by atoms with Crippen molar-refractivity contribution in [2.24, 2.45) is 0 Å². The first-order valence-corrected chi connectivity index (χ1v) is 31.2. The monoisotopic (exact) mass is 1160 g/mol. The Morgan fingerprint density at radius 1 is 0.273 bits per heavy atom. The molecular weight excluding hydrogens is 1070 g/mol. The summed E-state index contributed by atoms with van der Waals surface area (Å²) < 4.78 is 37.1. The van der Waals surface area contributed by atoms with E-state index in [1.165, 1.54) is 22.3 Å². The summed E-state index contributed by atoms with van der Waals surface area (Å²) in [5.74, 6) is -0.659. The van der Waals surface area contributed by atoms with E-state index in [-0.39, 0.29) is 33.3 Å². The lowest BCUT2D eigenvalue weighted by molar-refractivity contribution is 0.590. The summed E-state index contributed by atoms with van der Waals surface area (Å²) in [6, 6.07) is 72.9. The Morgan fingerprint density at radius 3 is 0.875 bits per heavy atom. The molecule has 0 N–H and O–H groups in total. The fourth-order valence-electron chi connectivity index (χ4n) is 12.9. The SMILES string of the molecule is Cc1ccc(C)c(N(c2c(F)cc(-c3ccc(C(C)(C)C)cc3)cc2-c2ccc(C(C)(C)C)cc2)c2ccc3ccc4c(N(c5cc(C)ccc5C)c5c(F)cc(-c6ccc(C(C)(C)C)cc6)cc5-c5ccc(C(C)(C)C)cc5)ccc5ccc2c3c54)c1. The van der Waals surface area contributed by atoms with Crippen molar-refractivity contribution in [3.05, 3.63) is 262 Å². The second-order valence-corrected chi connectivity index (χ2v) is 28.9. The predicted octanol–water partition coefficient (Wildman–Crippen LogP) is 24.9. The Balaban J connectivity index is 1.12. The molecular formula is C84H82F2N2. The van der Waals surface area contributed by atoms with Crippen LogP contribution in [0.5, 0.6) is 0 Å². The fraction of sp³-hybridized carbons (Fsp3) is 0.238. The van der Waals surface area contributed by atoms with Crippen LogP contribution in [0, 0.1) is 39.3 Å². The molecule has 12 rings (SSSR count). The smallest absolute Gasteiger partial charge is 0.148 e. The van der Waals surface area contributed by atoms with Crippen LogP contribution in [0.1, 0.15) is 128 Å². The van der Waals surface area contributed by atoms with E-state index in [1.54, 1.807) is 12.1 Å². The number of benzene rings is 12. The molecule has 0 radical (unpaired) electrons. The summed E-state index contributed by atoms with van der Waals surface area (Å²) in [6.07, 6.45) is 0. The fourth-order valence-corrected chi connectivity index (χ4v) is 12.9. The first-order chi connectivity index (χ1) is 41.6. The molecule has 442 valence electrons. The average Bonchev–Trinajstić information content (AvgIpc) is 0.730. The lowest BCUT2D eigenvalue weighted by Gasteiger charge is -2.33. The molecule has 0 spiro atoms. The normalized spacial score (nSPS) is 12.4. The third-order valence-electron chi connectivity index (χ3n) is 18.2. The summed E-state index contributed by atoms with van der Waals surface area (Å²) in [5.41, 5.74) is 20.1. The molecule has 12 aromatic rings. The average molecular weight is 1160 g/mol. The summed E-state index contributed by atoms with van der Waals surface area (Å²) >= 11 is 0. The Kier molecular flexibility index (Phi) is 14.9. The minimum absolute atomic E-state index is 0.0329. The Morgan fingerprint density at radius 2 is 0.568 bits per heavy atom. The zero-order valence-corrected chi connectivity index (χ0v) is 54.3. The number of aryl methyl sites for hydroxylation is 4. The summed E-state index contributed by atoms with van der Waals surface area (Å²) in [4.78, 5) is 4.36. The van der Waals surface area contributed by atoms with Gasteiger partial charge in [-0.25, -0.2) is 8.78 Å². The molecule has 0 fully saturated rings. The molecule has 0 bridgehead atoms. The van der Waals surface area contributed by atoms with E-state index in [9.17, 15) is 0 Å². The van der Waals surface area contributed by atoms with Crippen LogP contribution in [0.2, 0.25) is 0 Å². The maximum Gasteiger partial charge on any atom is 0.148 e. The van der Waals surface area contributed by atoms with E-state index in [0.717, 1.165) is 122 Å². The number of hydrogen-bond donors (Lipinski definition) is 0. The van der Waals surface area contributed by atoms with Gasteiger partial charge in [0.15, 0.2) is 0 Å². The summed E-state index contributed by atoms with van der Waals surface area (Å²) in [6.45, 7) is 35.1. The van der Waals surface area contributed by atoms with Gasteiger partial charge in [0.1, 0.15) is 11.6 Å². The van der Waals surface area contributed by atoms with Crippen molar-refractivity contribution >= 4 is 66.4 Å². The second kappa shape index (κ2) is 22.1. The summed E-state index contributed by atoms with van der Waals surface area (Å²) in [5, 5.41) is 6.13. The third-order valence-corrected chi connectivity index (χ3v) is 18.2. The highest BCUT2D eigenvalue weighted by Crippen LogP contribution is 2.53. The van der Waals surface area contributed by atoms with E-state index < -0.39 is 0 Å². The number of hydrogen-bond acceptors (Lipinski definition) is 2. The van der Waals surface area contributed by atoms with Crippen LogP contribution < -0.4 is 9.80 Å². The Hall–Kier alpha value is -8.86. The van der Waals surface area contributed by atoms with Crippen LogP contribution in [0.3, 0.4) is 0 Å². The molecule has 12 aromatic carbocycles. The van der Waals surface area contributed by atoms with Crippen molar-refractivity contribution in [1.82, 2.24) is 0 Å². The molecule has 88 heavy (non-hydrogen) atoms. The molecule has 0 saturated carbocycles. The number of halogens is 2. The van der Waals surface area contributed by atoms with Crippen LogP contribution in [0.4, 0.5) is 42.9 Å². The molecule has 0 saturated heterocycles. The number of rotatable bonds is 10. The highest BCUT2D eigenvalue weighted by molar-refractivity contribution is 6.28. The van der Waals surface area contributed by atoms with Crippen molar-refractivity contribution in [2.75, 3.05) is 9.80 Å². The van der Waals surface area contributed by atoms with Gasteiger partial charge in [0.05, 0.1) is 22.7 Å². The van der Waals surface area contributed by atoms with Gasteiger partial charge in [0.2, 0.25) is 0 Å². The zero-order chi connectivity index (χ0) is 62.5. The van der Waals surface area contributed by atoms with Crippen LogP contribution in [-0.4, -0.2) is 0 Å². The van der Waals surface area contributed by atoms with Crippen molar-refractivity contribution in [1.29, 1.82) is 0 Å². The standard InChI is InChI=1S/C84H82F2N2/c1-51-17-19-53(3)75(45-51)87(79-69(57-25-37-65(38-26-57)83(11,12)13)47-61(49-71(79)85)55-21-33-63(34-22-55)81(5,6)7)73-43-31-59-30-42-68-74(44-32-60-29-41-67(73)77(59)78(60)68)88(76-46-52(2)18-20-54(76)4)80-70(58-27-39-66(40-28-58)84(14,15)16)48-62(50-72(80)86)56-23-35-64(36-24-56)82(8,9)10/h17-50H,1-16H3. The van der Waals surface area contributed by atoms with Gasteiger partial charge in [-0.2, -0.15) is 0 Å². The highest BCUT2D eigenvalue weighted by atomic mass is 19.1. The van der Waals surface area contributed by atoms with Gasteiger partial charge in [-0.15, -0.1) is 0 Å². The molecule has 0 atom stereocenters. The summed E-state index contributed by atoms with van der Waals surface area (Å²) in [7, 11) is 0. The van der Waals surface area contributed by atoms with Gasteiger partial charge in [0.25, 0.3) is 0 Å². The quantitative estimate of drug-likeness (QED) is 0.126. The van der Waals surface area contributed by atoms with E-state index in [1.807, 2.05) is 0 Å². The van der Waals surface area contributed by atoms with Crippen molar-refractivity contribution in [2.45, 2.75) is 132 Å². The highest BCUT2D eigenvalue weighted by Gasteiger charge is 2.31. The maximum atomic E-state index is 18.6. The van der Waals surface area contributed by atoms with Crippen LogP contribution in [0.15, 0.2) is 206 Å².